The van der Waals surface area contributed by atoms with Crippen LogP contribution in [0.25, 0.3) is 0 Å². The molecular weight excluding hydrogens is 1750 g/mol. The molecule has 0 saturated carbocycles. The van der Waals surface area contributed by atoms with Crippen molar-refractivity contribution >= 4 is 101 Å². The normalized spacial score (nSPS) is 17.7. The summed E-state index contributed by atoms with van der Waals surface area (Å²) >= 11 is -2.78. The molecule has 0 aliphatic carbocycles. The quantitative estimate of drug-likeness (QED) is 0.0884. The predicted molar refractivity (Wildman–Crippen MR) is 545 cm³/mol. The van der Waals surface area contributed by atoms with Crippen LogP contribution in [0.3, 0.4) is 0 Å². The van der Waals surface area contributed by atoms with Gasteiger partial charge in [-0.3, -0.25) is 0 Å². The first-order chi connectivity index (χ1) is 56.6. The van der Waals surface area contributed by atoms with Crippen LogP contribution in [0.15, 0.2) is 467 Å². The van der Waals surface area contributed by atoms with Crippen molar-refractivity contribution in [1.29, 1.82) is 0 Å². The van der Waals surface area contributed by atoms with E-state index in [0.29, 0.717) is 0 Å². The van der Waals surface area contributed by atoms with E-state index >= 15 is 0 Å². The maximum Gasteiger partial charge on any atom is -0.0623 e. The third-order valence-electron chi connectivity index (χ3n) is 21.7. The predicted octanol–water partition coefficient (Wildman–Crippen LogP) is 26.6. The Morgan fingerprint density at radius 1 is 0.127 bits per heavy atom. The van der Waals surface area contributed by atoms with Crippen molar-refractivity contribution in [3.63, 3.8) is 0 Å². The number of fused-ring (bicyclic) bond motifs is 3. The molecule has 18 rings (SSSR count). The van der Waals surface area contributed by atoms with E-state index in [1.165, 1.54) is 100 Å². The summed E-state index contributed by atoms with van der Waals surface area (Å²) in [6.45, 7) is 28.4. The first kappa shape index (κ1) is 101. The minimum Gasteiger partial charge on any atom is -0.0623 e. The van der Waals surface area contributed by atoms with Crippen molar-refractivity contribution in [1.82, 2.24) is 0 Å². The summed E-state index contributed by atoms with van der Waals surface area (Å²) in [4.78, 5) is 0. The third kappa shape index (κ3) is 37.6. The summed E-state index contributed by atoms with van der Waals surface area (Å²) in [6, 6.07) is 137. The van der Waals surface area contributed by atoms with Gasteiger partial charge in [-0.2, -0.15) is 0 Å². The van der Waals surface area contributed by atoms with Crippen LogP contribution in [0.5, 0.6) is 0 Å². The second-order valence-electron chi connectivity index (χ2n) is 30.7. The van der Waals surface area contributed by atoms with Gasteiger partial charge in [-0.05, 0) is 150 Å². The first-order valence-corrected chi connectivity index (χ1v) is 61.7. The van der Waals surface area contributed by atoms with Gasteiger partial charge in [0.2, 0.25) is 0 Å². The molecule has 12 aromatic carbocycles. The average Bonchev–Trinajstić information content (AvgIpc) is 0.814. The van der Waals surface area contributed by atoms with Crippen LogP contribution in [0.2, 0.25) is 0 Å². The minimum absolute atomic E-state index is 0. The van der Waals surface area contributed by atoms with Gasteiger partial charge in [-0.1, -0.05) is 218 Å². The Hall–Kier alpha value is -6.24. The largest absolute Gasteiger partial charge is 0.0623 e. The maximum absolute atomic E-state index is 2.37. The second-order valence-corrected chi connectivity index (χ2v) is 64.2. The molecule has 118 heavy (non-hydrogen) atoms. The van der Waals surface area contributed by atoms with E-state index < -0.39 is 29.3 Å². The topological polar surface area (TPSA) is 0 Å². The van der Waals surface area contributed by atoms with Crippen LogP contribution in [0.1, 0.15) is 83.1 Å². The van der Waals surface area contributed by atoms with Crippen molar-refractivity contribution in [2.45, 2.75) is 83.1 Å². The van der Waals surface area contributed by atoms with Crippen molar-refractivity contribution in [3.05, 3.63) is 467 Å². The van der Waals surface area contributed by atoms with Crippen molar-refractivity contribution in [2.75, 3.05) is 73.9 Å². The fourth-order valence-corrected chi connectivity index (χ4v) is 57.5. The maximum atomic E-state index is 2.37. The molecule has 0 saturated heterocycles. The molecule has 0 amide bonds. The number of hydrogen-bond donors (Lipinski definition) is 0. The molecule has 0 atom stereocenters. The van der Waals surface area contributed by atoms with E-state index in [2.05, 4.69) is 265 Å². The van der Waals surface area contributed by atoms with Gasteiger partial charge in [0.1, 0.15) is 120 Å². The van der Waals surface area contributed by atoms with Gasteiger partial charge < -0.3 is 0 Å². The Bertz CT molecular complexity index is 3750. The monoisotopic (exact) mass is 1880 g/mol. The summed E-state index contributed by atoms with van der Waals surface area (Å²) in [7, 11) is 0.204. The molecule has 6 aliphatic rings. The average molecular weight is 1880 g/mol. The SMILES string of the molecule is CC1=C(C)C[PH+]2CC(C)=C(C)C[PH+]2C1.CC1=C(C)C[PH+]2CC(C)=C(C)C[PH+]2C1.CC1=C(C)C[PH+]2CC(C)=C(C)C[PH+]2C1.[Ni].[Ni].c1ccc([As](c2ccccc2)c2ccccc2)cc1.c1ccc([As](c2ccccc2)c2ccccc2)cc1.c1ccccc1.c1ccccc1.c1ccccc1.c1ccccc1.c1ccccc1.c1ccccc1. The van der Waals surface area contributed by atoms with Gasteiger partial charge in [-0.15, -0.1) is 0 Å². The molecule has 0 bridgehead atoms. The summed E-state index contributed by atoms with van der Waals surface area (Å²) in [5.41, 5.74) is 20.8. The Balaban J connectivity index is 0.000000207. The summed E-state index contributed by atoms with van der Waals surface area (Å²) < 4.78 is 8.87. The molecule has 6 heterocycles. The molecule has 618 valence electrons. The Kier molecular flexibility index (Phi) is 50.7. The van der Waals surface area contributed by atoms with E-state index in [-0.39, 0.29) is 78.6 Å². The number of benzene rings is 12. The number of hydrogen-bond acceptors (Lipinski definition) is 0. The molecule has 0 fully saturated rings. The Morgan fingerprint density at radius 2 is 0.195 bits per heavy atom. The van der Waals surface area contributed by atoms with Gasteiger partial charge in [0.15, 0.2) is 0 Å². The Labute approximate surface area is 751 Å². The molecule has 10 heteroatoms. The third-order valence-corrected chi connectivity index (χ3v) is 61.8. The molecule has 0 N–H and O–H groups in total. The van der Waals surface area contributed by atoms with E-state index in [1.54, 1.807) is 66.9 Å². The zero-order valence-corrected chi connectivity index (χ0v) is 83.8. The zero-order valence-electron chi connectivity index (χ0n) is 72.1. The van der Waals surface area contributed by atoms with E-state index in [0.717, 1.165) is 0 Å². The standard InChI is InChI=1S/2C18H15As.3C12H22P2.6C6H6.2Ni/c2*1-4-10-16(11-5-1)19(17-12-6-2-7-13-17)18-14-8-3-9-15-18;3*1-9-5-13-7-11(3)12(4)8-14(13)6-10(9)2;6*1-2-4-6-5-3-1;;/h2*1-15H;3*13-14H,5-8H2,1-4H3;6*1-6H;;/q;;3*+2;;;;;;;;. The molecule has 0 nitrogen and oxygen atoms in total. The second kappa shape index (κ2) is 59.5. The summed E-state index contributed by atoms with van der Waals surface area (Å²) in [5.74, 6) is 0. The minimum atomic E-state index is -1.39. The van der Waals surface area contributed by atoms with Gasteiger partial charge >= 0.3 is 237 Å². The van der Waals surface area contributed by atoms with Crippen LogP contribution in [-0.4, -0.2) is 103 Å². The van der Waals surface area contributed by atoms with Crippen LogP contribution in [-0.2, 0) is 33.0 Å². The summed E-state index contributed by atoms with van der Waals surface area (Å²) in [6.07, 6.45) is 18.1. The molecule has 0 aromatic heterocycles. The zero-order chi connectivity index (χ0) is 82.2. The molecule has 0 spiro atoms. The molecule has 12 aromatic rings. The van der Waals surface area contributed by atoms with Gasteiger partial charge in [0, 0.05) is 33.0 Å². The van der Waals surface area contributed by atoms with Crippen LogP contribution in [0, 0.1) is 0 Å². The smallest absolute Gasteiger partial charge is 0.0623 e. The van der Waals surface area contributed by atoms with E-state index in [9.17, 15) is 0 Å². The molecule has 0 unspecified atom stereocenters. The molecule has 6 aliphatic heterocycles. The van der Waals surface area contributed by atoms with Crippen LogP contribution < -0.4 is 26.1 Å². The van der Waals surface area contributed by atoms with Gasteiger partial charge in [0.25, 0.3) is 0 Å². The number of rotatable bonds is 6. The van der Waals surface area contributed by atoms with E-state index in [4.69, 9.17) is 0 Å². The molecular formula is C108H132As2Ni2P6+6. The number of allylic oxidation sites excluding steroid dienone is 12. The van der Waals surface area contributed by atoms with Crippen molar-refractivity contribution < 1.29 is 33.0 Å². The van der Waals surface area contributed by atoms with Crippen molar-refractivity contribution in [3.8, 4) is 0 Å². The van der Waals surface area contributed by atoms with Crippen LogP contribution in [0.4, 0.5) is 0 Å². The van der Waals surface area contributed by atoms with Gasteiger partial charge in [-0.25, -0.2) is 0 Å². The van der Waals surface area contributed by atoms with Crippen LogP contribution >= 0.6 is 45.7 Å². The first-order valence-electron chi connectivity index (χ1n) is 41.5. The fraction of sp³-hybridized carbons (Fsp3) is 0.222. The fourth-order valence-electron chi connectivity index (χ4n) is 14.2. The molecule has 0 radical (unpaired) electrons. The van der Waals surface area contributed by atoms with E-state index in [1.807, 2.05) is 218 Å². The Morgan fingerprint density at radius 3 is 0.271 bits per heavy atom. The van der Waals surface area contributed by atoms with Gasteiger partial charge in [0.05, 0.1) is 0 Å². The summed E-state index contributed by atoms with van der Waals surface area (Å²) in [5, 5.41) is 0. The van der Waals surface area contributed by atoms with Crippen molar-refractivity contribution in [2.24, 2.45) is 0 Å².